The van der Waals surface area contributed by atoms with Crippen molar-refractivity contribution in [2.75, 3.05) is 25.7 Å². The van der Waals surface area contributed by atoms with E-state index in [1.165, 1.54) is 0 Å². The van der Waals surface area contributed by atoms with Gasteiger partial charge in [0.2, 0.25) is 6.79 Å². The Balaban J connectivity index is 2.00. The minimum atomic E-state index is 0.0658. The van der Waals surface area contributed by atoms with Crippen LogP contribution in [0, 0.1) is 0 Å². The van der Waals surface area contributed by atoms with Crippen molar-refractivity contribution in [3.63, 3.8) is 0 Å². The van der Waals surface area contributed by atoms with E-state index in [9.17, 15) is 0 Å². The first kappa shape index (κ1) is 11.1. The number of anilines is 1. The lowest BCUT2D eigenvalue weighted by Crippen LogP contribution is -2.42. The second kappa shape index (κ2) is 4.22. The topological polar surface area (TPSA) is 42.5 Å². The first-order valence-electron chi connectivity index (χ1n) is 5.43. The van der Waals surface area contributed by atoms with Crippen LogP contribution in [0.2, 0.25) is 0 Å². The van der Waals surface area contributed by atoms with E-state index in [0.29, 0.717) is 6.79 Å². The summed E-state index contributed by atoms with van der Waals surface area (Å²) >= 11 is 0. The van der Waals surface area contributed by atoms with Crippen LogP contribution in [0.15, 0.2) is 18.2 Å². The predicted molar refractivity (Wildman–Crippen MR) is 64.2 cm³/mol. The Kier molecular flexibility index (Phi) is 2.92. The maximum Gasteiger partial charge on any atom is 0.231 e. The summed E-state index contributed by atoms with van der Waals surface area (Å²) in [6, 6.07) is 5.89. The minimum absolute atomic E-state index is 0.0658. The maximum atomic E-state index is 5.32. The van der Waals surface area contributed by atoms with Gasteiger partial charge in [-0.05, 0) is 33.0 Å². The van der Waals surface area contributed by atoms with Gasteiger partial charge < -0.3 is 20.1 Å². The zero-order chi connectivity index (χ0) is 11.6. The van der Waals surface area contributed by atoms with Gasteiger partial charge in [-0.15, -0.1) is 0 Å². The Labute approximate surface area is 95.9 Å². The van der Waals surface area contributed by atoms with Crippen LogP contribution in [0.4, 0.5) is 5.69 Å². The van der Waals surface area contributed by atoms with E-state index < -0.39 is 0 Å². The summed E-state index contributed by atoms with van der Waals surface area (Å²) in [5.74, 6) is 1.63. The molecular formula is C12H18N2O2. The summed E-state index contributed by atoms with van der Waals surface area (Å²) in [4.78, 5) is 0. The van der Waals surface area contributed by atoms with Crippen LogP contribution >= 0.6 is 0 Å². The Morgan fingerprint density at radius 1 is 1.25 bits per heavy atom. The predicted octanol–water partition coefficient (Wildman–Crippen LogP) is 1.83. The van der Waals surface area contributed by atoms with Crippen molar-refractivity contribution in [3.8, 4) is 11.5 Å². The number of hydrogen-bond donors (Lipinski definition) is 2. The van der Waals surface area contributed by atoms with Crippen molar-refractivity contribution < 1.29 is 9.47 Å². The van der Waals surface area contributed by atoms with Crippen LogP contribution in [0.25, 0.3) is 0 Å². The molecule has 2 rings (SSSR count). The van der Waals surface area contributed by atoms with Crippen molar-refractivity contribution in [3.05, 3.63) is 18.2 Å². The molecule has 1 aromatic carbocycles. The molecule has 0 spiro atoms. The van der Waals surface area contributed by atoms with Gasteiger partial charge in [-0.25, -0.2) is 0 Å². The molecule has 2 N–H and O–H groups in total. The highest BCUT2D eigenvalue weighted by atomic mass is 16.7. The van der Waals surface area contributed by atoms with E-state index in [0.717, 1.165) is 23.7 Å². The molecule has 0 fully saturated rings. The molecule has 0 bridgehead atoms. The molecule has 0 unspecified atom stereocenters. The fourth-order valence-electron chi connectivity index (χ4n) is 1.42. The van der Waals surface area contributed by atoms with Crippen LogP contribution < -0.4 is 20.1 Å². The number of fused-ring (bicyclic) bond motifs is 1. The average molecular weight is 222 g/mol. The summed E-state index contributed by atoms with van der Waals surface area (Å²) in [7, 11) is 1.96. The molecule has 1 aliphatic rings. The Bertz CT molecular complexity index is 377. The van der Waals surface area contributed by atoms with Gasteiger partial charge in [0.25, 0.3) is 0 Å². The first-order chi connectivity index (χ1) is 7.61. The third kappa shape index (κ3) is 2.39. The van der Waals surface area contributed by atoms with Gasteiger partial charge in [0, 0.05) is 23.8 Å². The van der Waals surface area contributed by atoms with Gasteiger partial charge in [-0.1, -0.05) is 0 Å². The molecule has 0 radical (unpaired) electrons. The normalized spacial score (nSPS) is 13.9. The highest BCUT2D eigenvalue weighted by molar-refractivity contribution is 5.55. The summed E-state index contributed by atoms with van der Waals surface area (Å²) in [6.45, 7) is 5.46. The summed E-state index contributed by atoms with van der Waals surface area (Å²) in [5.41, 5.74) is 1.11. The largest absolute Gasteiger partial charge is 0.454 e. The minimum Gasteiger partial charge on any atom is -0.454 e. The first-order valence-corrected chi connectivity index (χ1v) is 5.43. The van der Waals surface area contributed by atoms with E-state index in [4.69, 9.17) is 9.47 Å². The van der Waals surface area contributed by atoms with Crippen molar-refractivity contribution in [1.82, 2.24) is 5.32 Å². The van der Waals surface area contributed by atoms with Crippen LogP contribution in [-0.4, -0.2) is 25.9 Å². The lowest BCUT2D eigenvalue weighted by molar-refractivity contribution is 0.174. The van der Waals surface area contributed by atoms with E-state index in [1.54, 1.807) is 0 Å². The molecule has 1 aromatic rings. The Morgan fingerprint density at radius 3 is 2.75 bits per heavy atom. The Morgan fingerprint density at radius 2 is 2.00 bits per heavy atom. The third-order valence-corrected chi connectivity index (χ3v) is 2.78. The third-order valence-electron chi connectivity index (χ3n) is 2.78. The second-order valence-corrected chi connectivity index (χ2v) is 4.56. The van der Waals surface area contributed by atoms with Crippen molar-refractivity contribution in [2.45, 2.75) is 19.4 Å². The molecule has 0 amide bonds. The van der Waals surface area contributed by atoms with E-state index in [-0.39, 0.29) is 5.54 Å². The number of hydrogen-bond acceptors (Lipinski definition) is 4. The van der Waals surface area contributed by atoms with Crippen molar-refractivity contribution in [1.29, 1.82) is 0 Å². The summed E-state index contributed by atoms with van der Waals surface area (Å²) in [6.07, 6.45) is 0. The standard InChI is InChI=1S/C12H18N2O2/c1-12(2,13-3)7-14-9-4-5-10-11(6-9)16-8-15-10/h4-6,13-14H,7-8H2,1-3H3. The molecule has 16 heavy (non-hydrogen) atoms. The van der Waals surface area contributed by atoms with Crippen LogP contribution in [0.1, 0.15) is 13.8 Å². The lowest BCUT2D eigenvalue weighted by Gasteiger charge is -2.24. The molecule has 0 saturated heterocycles. The van der Waals surface area contributed by atoms with E-state index in [2.05, 4.69) is 24.5 Å². The smallest absolute Gasteiger partial charge is 0.231 e. The number of nitrogens with one attached hydrogen (secondary N) is 2. The SMILES string of the molecule is CNC(C)(C)CNc1ccc2c(c1)OCO2. The zero-order valence-electron chi connectivity index (χ0n) is 9.96. The van der Waals surface area contributed by atoms with Gasteiger partial charge in [-0.3, -0.25) is 0 Å². The number of likely N-dealkylation sites (N-methyl/N-ethyl adjacent to an activating group) is 1. The molecule has 4 heteroatoms. The molecular weight excluding hydrogens is 204 g/mol. The molecule has 0 aliphatic carbocycles. The molecule has 0 saturated carbocycles. The molecule has 88 valence electrons. The lowest BCUT2D eigenvalue weighted by atomic mass is 10.1. The van der Waals surface area contributed by atoms with Crippen LogP contribution in [0.3, 0.4) is 0 Å². The van der Waals surface area contributed by atoms with E-state index >= 15 is 0 Å². The monoisotopic (exact) mass is 222 g/mol. The summed E-state index contributed by atoms with van der Waals surface area (Å²) in [5, 5.41) is 6.61. The van der Waals surface area contributed by atoms with Crippen LogP contribution in [0.5, 0.6) is 11.5 Å². The highest BCUT2D eigenvalue weighted by Gasteiger charge is 2.16. The quantitative estimate of drug-likeness (QED) is 0.815. The molecule has 0 aromatic heterocycles. The van der Waals surface area contributed by atoms with E-state index in [1.807, 2.05) is 25.2 Å². The zero-order valence-corrected chi connectivity index (χ0v) is 9.96. The maximum absolute atomic E-state index is 5.32. The number of benzene rings is 1. The van der Waals surface area contributed by atoms with Gasteiger partial charge >= 0.3 is 0 Å². The van der Waals surface area contributed by atoms with Gasteiger partial charge in [0.1, 0.15) is 0 Å². The highest BCUT2D eigenvalue weighted by Crippen LogP contribution is 2.34. The van der Waals surface area contributed by atoms with Crippen molar-refractivity contribution in [2.24, 2.45) is 0 Å². The van der Waals surface area contributed by atoms with Crippen LogP contribution in [-0.2, 0) is 0 Å². The second-order valence-electron chi connectivity index (χ2n) is 4.56. The average Bonchev–Trinajstić information content (AvgIpc) is 2.73. The fourth-order valence-corrected chi connectivity index (χ4v) is 1.42. The Hall–Kier alpha value is -1.42. The number of rotatable bonds is 4. The molecule has 1 aliphatic heterocycles. The van der Waals surface area contributed by atoms with Gasteiger partial charge in [-0.2, -0.15) is 0 Å². The van der Waals surface area contributed by atoms with Crippen molar-refractivity contribution >= 4 is 5.69 Å². The summed E-state index contributed by atoms with van der Waals surface area (Å²) < 4.78 is 10.6. The molecule has 1 heterocycles. The number of ether oxygens (including phenoxy) is 2. The fraction of sp³-hybridized carbons (Fsp3) is 0.500. The molecule has 0 atom stereocenters. The molecule has 4 nitrogen and oxygen atoms in total. The van der Waals surface area contributed by atoms with Gasteiger partial charge in [0.15, 0.2) is 11.5 Å². The van der Waals surface area contributed by atoms with Gasteiger partial charge in [0.05, 0.1) is 0 Å².